The van der Waals surface area contributed by atoms with Crippen molar-refractivity contribution in [1.29, 1.82) is 5.26 Å². The third-order valence-electron chi connectivity index (χ3n) is 7.94. The van der Waals surface area contributed by atoms with Gasteiger partial charge in [0.15, 0.2) is 11.9 Å². The molecule has 242 valence electrons. The van der Waals surface area contributed by atoms with Crippen LogP contribution in [0.15, 0.2) is 24.3 Å². The van der Waals surface area contributed by atoms with Gasteiger partial charge >= 0.3 is 6.03 Å². The van der Waals surface area contributed by atoms with Crippen LogP contribution >= 0.6 is 0 Å². The van der Waals surface area contributed by atoms with E-state index < -0.39 is 71.5 Å². The molecule has 14 heteroatoms. The number of nitrogens with one attached hydrogen (secondary N) is 2. The molecule has 2 aliphatic rings. The van der Waals surface area contributed by atoms with Gasteiger partial charge in [-0.2, -0.15) is 5.26 Å². The van der Waals surface area contributed by atoms with Crippen LogP contribution in [0.1, 0.15) is 62.9 Å². The van der Waals surface area contributed by atoms with Gasteiger partial charge in [0, 0.05) is 25.2 Å². The Bertz CT molecular complexity index is 1510. The van der Waals surface area contributed by atoms with Crippen molar-refractivity contribution in [3.05, 3.63) is 52.8 Å². The number of amides is 4. The Kier molecular flexibility index (Phi) is 10.2. The Hall–Kier alpha value is -4.35. The maximum Gasteiger partial charge on any atom is 0.322 e. The second kappa shape index (κ2) is 13.7. The number of aliphatic hydroxyl groups is 2. The van der Waals surface area contributed by atoms with E-state index in [1.165, 1.54) is 23.1 Å². The van der Waals surface area contributed by atoms with Gasteiger partial charge in [-0.25, -0.2) is 18.0 Å². The first kappa shape index (κ1) is 33.5. The van der Waals surface area contributed by atoms with Crippen LogP contribution in [0.25, 0.3) is 0 Å². The summed E-state index contributed by atoms with van der Waals surface area (Å²) in [6, 6.07) is 3.59. The fourth-order valence-corrected chi connectivity index (χ4v) is 5.33. The van der Waals surface area contributed by atoms with Crippen molar-refractivity contribution < 1.29 is 37.8 Å². The largest absolute Gasteiger partial charge is 0.381 e. The van der Waals surface area contributed by atoms with Gasteiger partial charge in [0.1, 0.15) is 29.5 Å². The van der Waals surface area contributed by atoms with E-state index in [0.29, 0.717) is 25.1 Å². The molecular weight excluding hydrogens is 593 g/mol. The van der Waals surface area contributed by atoms with Gasteiger partial charge in [0.25, 0.3) is 11.8 Å². The summed E-state index contributed by atoms with van der Waals surface area (Å²) >= 11 is 0. The van der Waals surface area contributed by atoms with E-state index in [4.69, 9.17) is 5.26 Å². The van der Waals surface area contributed by atoms with Gasteiger partial charge in [0.05, 0.1) is 35.2 Å². The Labute approximate surface area is 259 Å². The first-order chi connectivity index (χ1) is 21.3. The minimum Gasteiger partial charge on any atom is -0.381 e. The number of halogens is 3. The number of benzene rings is 2. The lowest BCUT2D eigenvalue weighted by Gasteiger charge is -2.37. The van der Waals surface area contributed by atoms with Crippen molar-refractivity contribution in [2.45, 2.75) is 71.4 Å². The van der Waals surface area contributed by atoms with Crippen molar-refractivity contribution in [3.8, 4) is 6.07 Å². The molecule has 4 N–H and O–H groups in total. The third kappa shape index (κ3) is 7.15. The Balaban J connectivity index is 1.56. The number of carbonyl (C=O) groups excluding carboxylic acids is 3. The Morgan fingerprint density at radius 3 is 2.42 bits per heavy atom. The summed E-state index contributed by atoms with van der Waals surface area (Å²) < 4.78 is 44.4. The molecule has 1 aliphatic heterocycles. The molecule has 4 rings (SSSR count). The van der Waals surface area contributed by atoms with Crippen molar-refractivity contribution in [2.24, 2.45) is 5.92 Å². The quantitative estimate of drug-likeness (QED) is 0.310. The summed E-state index contributed by atoms with van der Waals surface area (Å²) in [5.41, 5.74) is -1.59. The number of fused-ring (bicyclic) bond motifs is 1. The van der Waals surface area contributed by atoms with Crippen LogP contribution in [0.4, 0.5) is 35.0 Å². The molecule has 4 amide bonds. The minimum absolute atomic E-state index is 0.0293. The van der Waals surface area contributed by atoms with E-state index in [2.05, 4.69) is 5.32 Å². The average Bonchev–Trinajstić information content (AvgIpc) is 3.82. The summed E-state index contributed by atoms with van der Waals surface area (Å²) in [5.74, 6) is -4.66. The molecule has 0 aromatic heterocycles. The zero-order chi connectivity index (χ0) is 33.2. The average molecular weight is 631 g/mol. The van der Waals surface area contributed by atoms with Gasteiger partial charge in [-0.05, 0) is 64.2 Å². The van der Waals surface area contributed by atoms with E-state index in [1.54, 1.807) is 18.7 Å². The molecule has 3 atom stereocenters. The first-order valence-corrected chi connectivity index (χ1v) is 14.8. The molecule has 45 heavy (non-hydrogen) atoms. The van der Waals surface area contributed by atoms with Gasteiger partial charge in [-0.15, -0.1) is 0 Å². The zero-order valence-corrected chi connectivity index (χ0v) is 25.5. The SMILES string of the molecule is CCCN(CC(O)C(=O)Nc1cc(F)c(C#N)cc1F)C(=O)Nc1ccc2c(c1F)C(=O)N(CC1CC1)C(C)C(O)N2C(C)C. The number of urea groups is 1. The monoisotopic (exact) mass is 630 g/mol. The predicted molar refractivity (Wildman–Crippen MR) is 160 cm³/mol. The van der Waals surface area contributed by atoms with Crippen LogP contribution in [0, 0.1) is 34.7 Å². The molecule has 1 heterocycles. The second-order valence-corrected chi connectivity index (χ2v) is 11.7. The van der Waals surface area contributed by atoms with Gasteiger partial charge in [-0.3, -0.25) is 9.59 Å². The van der Waals surface area contributed by atoms with Gasteiger partial charge in [-0.1, -0.05) is 6.92 Å². The molecular formula is C31H37F3N6O5. The standard InChI is InChI=1S/C31H37F3N6O5/c1-5-10-38(15-25(41)28(42)36-23-12-20(32)19(13-35)11-21(23)33)31(45)37-22-8-9-24-26(27(22)34)30(44)39(14-18-6-7-18)17(4)29(43)40(24)16(2)3/h8-9,11-12,16-18,25,29,41,43H,5-7,10,14-15H2,1-4H3,(H,36,42)(H,37,45). The third-order valence-corrected chi connectivity index (χ3v) is 7.94. The molecule has 1 fully saturated rings. The molecule has 0 bridgehead atoms. The van der Waals surface area contributed by atoms with Gasteiger partial charge in [0.2, 0.25) is 0 Å². The van der Waals surface area contributed by atoms with Crippen molar-refractivity contribution >= 4 is 34.9 Å². The smallest absolute Gasteiger partial charge is 0.322 e. The molecule has 2 aromatic carbocycles. The number of nitrogens with zero attached hydrogens (tertiary/aromatic N) is 4. The summed E-state index contributed by atoms with van der Waals surface area (Å²) in [4.78, 5) is 43.7. The topological polar surface area (TPSA) is 149 Å². The summed E-state index contributed by atoms with van der Waals surface area (Å²) in [5, 5.41) is 35.0. The van der Waals surface area contributed by atoms with Crippen molar-refractivity contribution in [3.63, 3.8) is 0 Å². The summed E-state index contributed by atoms with van der Waals surface area (Å²) in [6.45, 7) is 6.86. The molecule has 3 unspecified atom stereocenters. The summed E-state index contributed by atoms with van der Waals surface area (Å²) in [7, 11) is 0. The second-order valence-electron chi connectivity index (χ2n) is 11.7. The van der Waals surface area contributed by atoms with E-state index in [1.807, 2.05) is 19.2 Å². The number of rotatable bonds is 10. The van der Waals surface area contributed by atoms with Crippen molar-refractivity contribution in [1.82, 2.24) is 9.80 Å². The number of nitriles is 1. The molecule has 0 saturated heterocycles. The lowest BCUT2D eigenvalue weighted by atomic mass is 10.1. The molecule has 1 saturated carbocycles. The zero-order valence-electron chi connectivity index (χ0n) is 25.5. The van der Waals surface area contributed by atoms with Crippen LogP contribution in [-0.2, 0) is 4.79 Å². The highest BCUT2D eigenvalue weighted by Crippen LogP contribution is 2.38. The fourth-order valence-electron chi connectivity index (χ4n) is 5.33. The number of carbonyl (C=O) groups is 3. The molecule has 2 aromatic rings. The normalized spacial score (nSPS) is 18.6. The van der Waals surface area contributed by atoms with Crippen LogP contribution in [0.3, 0.4) is 0 Å². The van der Waals surface area contributed by atoms with E-state index >= 15 is 4.39 Å². The molecule has 1 aliphatic carbocycles. The highest BCUT2D eigenvalue weighted by molar-refractivity contribution is 6.03. The first-order valence-electron chi connectivity index (χ1n) is 14.8. The number of hydrogen-bond acceptors (Lipinski definition) is 7. The molecule has 0 radical (unpaired) electrons. The van der Waals surface area contributed by atoms with Crippen LogP contribution < -0.4 is 15.5 Å². The van der Waals surface area contributed by atoms with Crippen LogP contribution in [0.2, 0.25) is 0 Å². The molecule has 11 nitrogen and oxygen atoms in total. The van der Waals surface area contributed by atoms with Crippen LogP contribution in [0.5, 0.6) is 0 Å². The minimum atomic E-state index is -1.89. The number of aliphatic hydroxyl groups excluding tert-OH is 2. The number of hydrogen-bond donors (Lipinski definition) is 4. The number of anilines is 3. The lowest BCUT2D eigenvalue weighted by Crippen LogP contribution is -2.52. The molecule has 0 spiro atoms. The Morgan fingerprint density at radius 1 is 1.13 bits per heavy atom. The highest BCUT2D eigenvalue weighted by atomic mass is 19.1. The fraction of sp³-hybridized carbons (Fsp3) is 0.484. The predicted octanol–water partition coefficient (Wildman–Crippen LogP) is 4.01. The van der Waals surface area contributed by atoms with E-state index in [-0.39, 0.29) is 35.4 Å². The maximum atomic E-state index is 16.2. The van der Waals surface area contributed by atoms with Crippen LogP contribution in [-0.4, -0.2) is 81.9 Å². The van der Waals surface area contributed by atoms with Gasteiger partial charge < -0.3 is 35.5 Å². The maximum absolute atomic E-state index is 16.2. The van der Waals surface area contributed by atoms with E-state index in [0.717, 1.165) is 17.7 Å². The Morgan fingerprint density at radius 2 is 1.82 bits per heavy atom. The highest BCUT2D eigenvalue weighted by Gasteiger charge is 2.42. The van der Waals surface area contributed by atoms with E-state index in [9.17, 15) is 33.4 Å². The van der Waals surface area contributed by atoms with Crippen molar-refractivity contribution in [2.75, 3.05) is 35.2 Å². The lowest BCUT2D eigenvalue weighted by molar-refractivity contribution is -0.124. The summed E-state index contributed by atoms with van der Waals surface area (Å²) in [6.07, 6.45) is -0.740.